The van der Waals surface area contributed by atoms with Gasteiger partial charge in [-0.2, -0.15) is 0 Å². The lowest BCUT2D eigenvalue weighted by molar-refractivity contribution is -0.131. The van der Waals surface area contributed by atoms with E-state index in [1.54, 1.807) is 12.3 Å². The van der Waals surface area contributed by atoms with Crippen molar-refractivity contribution in [1.29, 1.82) is 0 Å². The molecule has 15 heavy (non-hydrogen) atoms. The number of fused-ring (bicyclic) bond motifs is 1. The van der Waals surface area contributed by atoms with Crippen LogP contribution in [0.3, 0.4) is 0 Å². The van der Waals surface area contributed by atoms with Crippen molar-refractivity contribution in [2.75, 3.05) is 0 Å². The first-order valence-corrected chi connectivity index (χ1v) is 4.61. The summed E-state index contributed by atoms with van der Waals surface area (Å²) in [6.45, 7) is 0. The fourth-order valence-electron chi connectivity index (χ4n) is 1.44. The van der Waals surface area contributed by atoms with Gasteiger partial charge in [0.25, 0.3) is 0 Å². The molecule has 0 aliphatic carbocycles. The molecule has 0 saturated carbocycles. The van der Waals surface area contributed by atoms with E-state index < -0.39 is 5.97 Å². The number of allylic oxidation sites excluding steroid dienone is 1. The van der Waals surface area contributed by atoms with Gasteiger partial charge >= 0.3 is 5.97 Å². The van der Waals surface area contributed by atoms with E-state index in [0.29, 0.717) is 0 Å². The zero-order chi connectivity index (χ0) is 10.7. The fourth-order valence-corrected chi connectivity index (χ4v) is 1.44. The van der Waals surface area contributed by atoms with Crippen LogP contribution in [-0.4, -0.2) is 11.1 Å². The molecule has 0 fully saturated rings. The van der Waals surface area contributed by atoms with Crippen molar-refractivity contribution in [1.82, 2.24) is 0 Å². The minimum absolute atomic E-state index is 0.823. The lowest BCUT2D eigenvalue weighted by Crippen LogP contribution is -1.96. The first-order chi connectivity index (χ1) is 7.25. The van der Waals surface area contributed by atoms with E-state index in [-0.39, 0.29) is 0 Å². The van der Waals surface area contributed by atoms with E-state index >= 15 is 0 Å². The van der Waals surface area contributed by atoms with Crippen molar-refractivity contribution in [3.8, 4) is 5.75 Å². The Morgan fingerprint density at radius 1 is 1.47 bits per heavy atom. The lowest BCUT2D eigenvalue weighted by atomic mass is 10.1. The summed E-state index contributed by atoms with van der Waals surface area (Å²) in [6.07, 6.45) is 7.11. The summed E-state index contributed by atoms with van der Waals surface area (Å²) in [6, 6.07) is 5.61. The molecule has 76 valence electrons. The number of ether oxygens (including phenoxy) is 1. The zero-order valence-corrected chi connectivity index (χ0v) is 8.01. The van der Waals surface area contributed by atoms with E-state index in [0.717, 1.165) is 29.4 Å². The van der Waals surface area contributed by atoms with Gasteiger partial charge in [0.1, 0.15) is 5.75 Å². The van der Waals surface area contributed by atoms with Gasteiger partial charge in [-0.1, -0.05) is 6.07 Å². The second kappa shape index (κ2) is 4.00. The Labute approximate surface area is 87.3 Å². The second-order valence-corrected chi connectivity index (χ2v) is 3.23. The van der Waals surface area contributed by atoms with Crippen LogP contribution in [0.15, 0.2) is 36.6 Å². The van der Waals surface area contributed by atoms with Crippen LogP contribution in [-0.2, 0) is 11.2 Å². The lowest BCUT2D eigenvalue weighted by Gasteiger charge is -2.11. The molecule has 0 atom stereocenters. The first kappa shape index (κ1) is 9.52. The van der Waals surface area contributed by atoms with E-state index in [2.05, 4.69) is 0 Å². The molecule has 0 spiro atoms. The largest absolute Gasteiger partial charge is 0.478 e. The maximum absolute atomic E-state index is 10.3. The molecule has 0 bridgehead atoms. The summed E-state index contributed by atoms with van der Waals surface area (Å²) in [5, 5.41) is 8.49. The number of rotatable bonds is 2. The van der Waals surface area contributed by atoms with Crippen molar-refractivity contribution in [3.05, 3.63) is 47.7 Å². The molecule has 0 unspecified atom stereocenters. The molecule has 1 aliphatic rings. The van der Waals surface area contributed by atoms with Gasteiger partial charge in [-0.25, -0.2) is 4.79 Å². The average Bonchev–Trinajstić information content (AvgIpc) is 2.26. The topological polar surface area (TPSA) is 46.5 Å². The zero-order valence-electron chi connectivity index (χ0n) is 8.01. The third-order valence-corrected chi connectivity index (χ3v) is 2.13. The predicted molar refractivity (Wildman–Crippen MR) is 56.6 cm³/mol. The quantitative estimate of drug-likeness (QED) is 0.748. The van der Waals surface area contributed by atoms with Crippen LogP contribution >= 0.6 is 0 Å². The normalized spacial score (nSPS) is 13.6. The summed E-state index contributed by atoms with van der Waals surface area (Å²) in [7, 11) is 0. The van der Waals surface area contributed by atoms with Gasteiger partial charge in [0.2, 0.25) is 0 Å². The van der Waals surface area contributed by atoms with Crippen LogP contribution in [0.4, 0.5) is 0 Å². The Bertz CT molecular complexity index is 444. The summed E-state index contributed by atoms with van der Waals surface area (Å²) < 4.78 is 5.28. The Morgan fingerprint density at radius 2 is 2.33 bits per heavy atom. The maximum atomic E-state index is 10.3. The average molecular weight is 202 g/mol. The van der Waals surface area contributed by atoms with E-state index in [4.69, 9.17) is 9.84 Å². The van der Waals surface area contributed by atoms with Crippen molar-refractivity contribution >= 4 is 12.0 Å². The molecule has 1 N–H and O–H groups in total. The van der Waals surface area contributed by atoms with Crippen molar-refractivity contribution in [3.63, 3.8) is 0 Å². The number of aliphatic carboxylic acids is 1. The third-order valence-electron chi connectivity index (χ3n) is 2.13. The van der Waals surface area contributed by atoms with Crippen LogP contribution in [0.25, 0.3) is 6.08 Å². The van der Waals surface area contributed by atoms with Gasteiger partial charge in [-0.3, -0.25) is 0 Å². The van der Waals surface area contributed by atoms with Gasteiger partial charge in [-0.15, -0.1) is 0 Å². The molecular formula is C12H10O3. The minimum atomic E-state index is -0.941. The number of carbonyl (C=O) groups is 1. The molecule has 3 heteroatoms. The number of carboxylic acids is 1. The highest BCUT2D eigenvalue weighted by Gasteiger charge is 2.05. The van der Waals surface area contributed by atoms with E-state index in [1.165, 1.54) is 0 Å². The second-order valence-electron chi connectivity index (χ2n) is 3.23. The van der Waals surface area contributed by atoms with Crippen LogP contribution in [0, 0.1) is 0 Å². The molecule has 1 aromatic rings. The van der Waals surface area contributed by atoms with Gasteiger partial charge in [0.05, 0.1) is 6.26 Å². The maximum Gasteiger partial charge on any atom is 0.328 e. The van der Waals surface area contributed by atoms with Gasteiger partial charge in [0.15, 0.2) is 0 Å². The molecule has 0 saturated heterocycles. The number of carboxylic acid groups (broad SMARTS) is 1. The van der Waals surface area contributed by atoms with E-state index in [9.17, 15) is 4.79 Å². The Hall–Kier alpha value is -2.03. The minimum Gasteiger partial charge on any atom is -0.478 e. The molecule has 3 nitrogen and oxygen atoms in total. The van der Waals surface area contributed by atoms with Crippen LogP contribution in [0.5, 0.6) is 5.75 Å². The summed E-state index contributed by atoms with van der Waals surface area (Å²) in [5.41, 5.74) is 1.94. The SMILES string of the molecule is O=C(O)C=Cc1ccc2c(c1)CC=CO2. The van der Waals surface area contributed by atoms with Gasteiger partial charge < -0.3 is 9.84 Å². The highest BCUT2D eigenvalue weighted by atomic mass is 16.5. The Kier molecular flexibility index (Phi) is 2.54. The Balaban J connectivity index is 2.26. The van der Waals surface area contributed by atoms with Gasteiger partial charge in [-0.05, 0) is 41.8 Å². The first-order valence-electron chi connectivity index (χ1n) is 4.61. The molecule has 1 heterocycles. The standard InChI is InChI=1S/C12H10O3/c13-12(14)6-4-9-3-5-11-10(8-9)2-1-7-15-11/h1,3-8H,2H2,(H,13,14). The molecule has 0 amide bonds. The number of benzene rings is 1. The van der Waals surface area contributed by atoms with Crippen molar-refractivity contribution in [2.45, 2.75) is 6.42 Å². The monoisotopic (exact) mass is 202 g/mol. The van der Waals surface area contributed by atoms with E-state index in [1.807, 2.05) is 24.3 Å². The van der Waals surface area contributed by atoms with Crippen molar-refractivity contribution in [2.24, 2.45) is 0 Å². The number of hydrogen-bond donors (Lipinski definition) is 1. The fraction of sp³-hybridized carbons (Fsp3) is 0.0833. The van der Waals surface area contributed by atoms with Crippen molar-refractivity contribution < 1.29 is 14.6 Å². The smallest absolute Gasteiger partial charge is 0.328 e. The molecule has 0 radical (unpaired) electrons. The molecule has 1 aromatic carbocycles. The highest BCUT2D eigenvalue weighted by Crippen LogP contribution is 2.24. The molecule has 2 rings (SSSR count). The summed E-state index contributed by atoms with van der Waals surface area (Å²) in [4.78, 5) is 10.3. The predicted octanol–water partition coefficient (Wildman–Crippen LogP) is 2.23. The van der Waals surface area contributed by atoms with Crippen LogP contribution in [0.2, 0.25) is 0 Å². The number of hydrogen-bond acceptors (Lipinski definition) is 2. The molecule has 1 aliphatic heterocycles. The van der Waals surface area contributed by atoms with Gasteiger partial charge in [0, 0.05) is 6.08 Å². The summed E-state index contributed by atoms with van der Waals surface area (Å²) in [5.74, 6) is -0.103. The Morgan fingerprint density at radius 3 is 3.13 bits per heavy atom. The summed E-state index contributed by atoms with van der Waals surface area (Å²) >= 11 is 0. The van der Waals surface area contributed by atoms with Crippen LogP contribution < -0.4 is 4.74 Å². The third kappa shape index (κ3) is 2.26. The molecule has 0 aromatic heterocycles. The highest BCUT2D eigenvalue weighted by molar-refractivity contribution is 5.85. The molecular weight excluding hydrogens is 192 g/mol. The van der Waals surface area contributed by atoms with Crippen LogP contribution in [0.1, 0.15) is 11.1 Å².